The van der Waals surface area contributed by atoms with Gasteiger partial charge in [-0.2, -0.15) is 8.78 Å². The number of rotatable bonds is 9. The molecule has 36 heavy (non-hydrogen) atoms. The van der Waals surface area contributed by atoms with E-state index in [9.17, 15) is 35.8 Å². The van der Waals surface area contributed by atoms with Gasteiger partial charge in [0.1, 0.15) is 17.1 Å². The van der Waals surface area contributed by atoms with Crippen molar-refractivity contribution in [2.24, 2.45) is 0 Å². The van der Waals surface area contributed by atoms with Gasteiger partial charge in [0.2, 0.25) is 0 Å². The van der Waals surface area contributed by atoms with Crippen molar-refractivity contribution in [1.82, 2.24) is 0 Å². The number of alkyl halides is 5. The average Bonchev–Trinajstić information content (AvgIpc) is 2.75. The Hall–Kier alpha value is -3.50. The Morgan fingerprint density at radius 1 is 0.806 bits per heavy atom. The standard InChI is InChI=1S/C25H19F8O3/c1-2-3-4-5-14-6-8-15(9-7-14)21-19(34)13-18(27)22(23(21)28)24(29,30)35-16-10-11-20(17(26)12-16)36-25(31,32)33/h6-13H,2-5H2,1H3. The summed E-state index contributed by atoms with van der Waals surface area (Å²) in [5, 5.41) is 12.3. The molecule has 11 heteroatoms. The van der Waals surface area contributed by atoms with Gasteiger partial charge in [-0.1, -0.05) is 44.0 Å². The summed E-state index contributed by atoms with van der Waals surface area (Å²) in [5.74, 6) is -9.08. The van der Waals surface area contributed by atoms with Crippen molar-refractivity contribution in [3.63, 3.8) is 0 Å². The molecule has 3 nitrogen and oxygen atoms in total. The van der Waals surface area contributed by atoms with E-state index in [0.717, 1.165) is 24.8 Å². The van der Waals surface area contributed by atoms with E-state index < -0.39 is 58.3 Å². The van der Waals surface area contributed by atoms with Crippen LogP contribution in [0, 0.1) is 17.5 Å². The molecule has 0 aliphatic heterocycles. The lowest BCUT2D eigenvalue weighted by Gasteiger charge is -2.21. The van der Waals surface area contributed by atoms with Crippen LogP contribution in [0.3, 0.4) is 0 Å². The monoisotopic (exact) mass is 519 g/mol. The Morgan fingerprint density at radius 2 is 1.47 bits per heavy atom. The van der Waals surface area contributed by atoms with Gasteiger partial charge in [0, 0.05) is 12.1 Å². The van der Waals surface area contributed by atoms with Crippen molar-refractivity contribution < 1.29 is 49.7 Å². The van der Waals surface area contributed by atoms with E-state index in [1.165, 1.54) is 12.1 Å². The van der Waals surface area contributed by atoms with Gasteiger partial charge in [-0.05, 0) is 36.1 Å². The lowest BCUT2D eigenvalue weighted by atomic mass is 9.97. The summed E-state index contributed by atoms with van der Waals surface area (Å²) in [6.45, 7) is 2.03. The van der Waals surface area contributed by atoms with Crippen LogP contribution < -0.4 is 9.47 Å². The maximum absolute atomic E-state index is 15.1. The van der Waals surface area contributed by atoms with E-state index in [1.807, 2.05) is 6.92 Å². The van der Waals surface area contributed by atoms with Gasteiger partial charge in [0.15, 0.2) is 23.1 Å². The molecular formula is C25H19F8O3. The third-order valence-corrected chi connectivity index (χ3v) is 5.16. The average molecular weight is 519 g/mol. The van der Waals surface area contributed by atoms with Crippen LogP contribution in [-0.4, -0.2) is 6.36 Å². The number of halogens is 8. The third-order valence-electron chi connectivity index (χ3n) is 5.16. The molecule has 3 aromatic rings. The second-order valence-corrected chi connectivity index (χ2v) is 7.83. The third kappa shape index (κ3) is 6.38. The highest BCUT2D eigenvalue weighted by atomic mass is 19.4. The second-order valence-electron chi connectivity index (χ2n) is 7.83. The molecule has 0 aliphatic rings. The molecule has 0 atom stereocenters. The zero-order valence-corrected chi connectivity index (χ0v) is 18.7. The van der Waals surface area contributed by atoms with E-state index in [4.69, 9.17) is 0 Å². The zero-order chi connectivity index (χ0) is 26.7. The highest BCUT2D eigenvalue weighted by molar-refractivity contribution is 5.72. The smallest absolute Gasteiger partial charge is 0.429 e. The number of benzene rings is 3. The van der Waals surface area contributed by atoms with Crippen molar-refractivity contribution in [1.29, 1.82) is 0 Å². The molecule has 0 unspecified atom stereocenters. The Morgan fingerprint density at radius 3 is 2.06 bits per heavy atom. The molecule has 0 fully saturated rings. The van der Waals surface area contributed by atoms with Crippen molar-refractivity contribution in [3.05, 3.63) is 77.1 Å². The highest BCUT2D eigenvalue weighted by Gasteiger charge is 2.43. The number of hydrogen-bond donors (Lipinski definition) is 0. The fraction of sp³-hybridized carbons (Fsp3) is 0.280. The quantitative estimate of drug-likeness (QED) is 0.210. The van der Waals surface area contributed by atoms with Gasteiger partial charge in [-0.15, -0.1) is 13.2 Å². The molecule has 0 N–H and O–H groups in total. The summed E-state index contributed by atoms with van der Waals surface area (Å²) in [7, 11) is 0. The van der Waals surface area contributed by atoms with E-state index in [1.54, 1.807) is 12.1 Å². The van der Waals surface area contributed by atoms with Crippen LogP contribution in [0.15, 0.2) is 48.5 Å². The normalized spacial score (nSPS) is 12.0. The molecule has 0 bridgehead atoms. The minimum Gasteiger partial charge on any atom is -0.429 e. The summed E-state index contributed by atoms with van der Waals surface area (Å²) in [6, 6.07) is 7.02. The predicted molar refractivity (Wildman–Crippen MR) is 113 cm³/mol. The van der Waals surface area contributed by atoms with Crippen LogP contribution >= 0.6 is 0 Å². The summed E-state index contributed by atoms with van der Waals surface area (Å²) in [4.78, 5) is 0. The van der Waals surface area contributed by atoms with Crippen LogP contribution in [-0.2, 0) is 17.6 Å². The summed E-state index contributed by atoms with van der Waals surface area (Å²) >= 11 is 0. The number of aryl methyl sites for hydroxylation is 1. The summed E-state index contributed by atoms with van der Waals surface area (Å²) in [6.07, 6.45) is -6.43. The molecule has 0 saturated carbocycles. The molecule has 3 rings (SSSR count). The van der Waals surface area contributed by atoms with Crippen molar-refractivity contribution in [2.75, 3.05) is 0 Å². The Balaban J connectivity index is 1.93. The Kier molecular flexibility index (Phi) is 8.00. The summed E-state index contributed by atoms with van der Waals surface area (Å²) < 4.78 is 117. The fourth-order valence-electron chi connectivity index (χ4n) is 3.50. The van der Waals surface area contributed by atoms with Crippen LogP contribution in [0.1, 0.15) is 37.3 Å². The van der Waals surface area contributed by atoms with Crippen LogP contribution in [0.25, 0.3) is 11.1 Å². The Labute approximate surface area is 200 Å². The fourth-order valence-corrected chi connectivity index (χ4v) is 3.50. The molecule has 0 saturated heterocycles. The minimum atomic E-state index is -5.25. The first kappa shape index (κ1) is 27.1. The Bertz CT molecular complexity index is 1210. The van der Waals surface area contributed by atoms with Gasteiger partial charge in [0.05, 0.1) is 5.56 Å². The van der Waals surface area contributed by atoms with E-state index >= 15 is 4.39 Å². The first-order valence-electron chi connectivity index (χ1n) is 10.7. The largest absolute Gasteiger partial charge is 0.573 e. The molecule has 0 heterocycles. The molecule has 0 aliphatic carbocycles. The maximum Gasteiger partial charge on any atom is 0.573 e. The van der Waals surface area contributed by atoms with E-state index in [2.05, 4.69) is 9.47 Å². The van der Waals surface area contributed by atoms with Crippen LogP contribution in [0.4, 0.5) is 35.1 Å². The van der Waals surface area contributed by atoms with Gasteiger partial charge >= 0.3 is 12.5 Å². The van der Waals surface area contributed by atoms with E-state index in [0.29, 0.717) is 18.6 Å². The molecule has 193 valence electrons. The number of ether oxygens (including phenoxy) is 2. The number of hydrogen-bond acceptors (Lipinski definition) is 2. The second kappa shape index (κ2) is 10.6. The molecule has 3 aromatic carbocycles. The van der Waals surface area contributed by atoms with Crippen molar-refractivity contribution >= 4 is 0 Å². The van der Waals surface area contributed by atoms with Gasteiger partial charge in [-0.3, -0.25) is 5.11 Å². The molecule has 1 radical (unpaired) electrons. The molecular weight excluding hydrogens is 500 g/mol. The van der Waals surface area contributed by atoms with Gasteiger partial charge < -0.3 is 9.47 Å². The first-order valence-corrected chi connectivity index (χ1v) is 10.7. The van der Waals surface area contributed by atoms with E-state index in [-0.39, 0.29) is 17.7 Å². The number of unbranched alkanes of at least 4 members (excludes halogenated alkanes) is 2. The lowest BCUT2D eigenvalue weighted by molar-refractivity contribution is -0.275. The lowest BCUT2D eigenvalue weighted by Crippen LogP contribution is -2.25. The molecule has 0 aromatic heterocycles. The highest BCUT2D eigenvalue weighted by Crippen LogP contribution is 2.43. The molecule has 0 spiro atoms. The summed E-state index contributed by atoms with van der Waals surface area (Å²) in [5.41, 5.74) is -1.94. The zero-order valence-electron chi connectivity index (χ0n) is 18.7. The van der Waals surface area contributed by atoms with Gasteiger partial charge in [0.25, 0.3) is 0 Å². The topological polar surface area (TPSA) is 38.4 Å². The van der Waals surface area contributed by atoms with Gasteiger partial charge in [-0.25, -0.2) is 13.2 Å². The van der Waals surface area contributed by atoms with Crippen LogP contribution in [0.2, 0.25) is 0 Å². The first-order chi connectivity index (χ1) is 16.8. The van der Waals surface area contributed by atoms with Crippen LogP contribution in [0.5, 0.6) is 17.2 Å². The minimum absolute atomic E-state index is 0.0755. The van der Waals surface area contributed by atoms with Crippen molar-refractivity contribution in [2.45, 2.75) is 45.1 Å². The SMILES string of the molecule is CCCCCc1ccc(-c2c([O])cc(F)c(C(F)(F)Oc3ccc(OC(F)(F)F)c(F)c3)c2F)cc1. The molecule has 0 amide bonds. The maximum atomic E-state index is 15.1. The van der Waals surface area contributed by atoms with Crippen molar-refractivity contribution in [3.8, 4) is 28.4 Å². The predicted octanol–water partition coefficient (Wildman–Crippen LogP) is 8.67.